The fourth-order valence-corrected chi connectivity index (χ4v) is 4.85. The predicted molar refractivity (Wildman–Crippen MR) is 113 cm³/mol. The maximum atomic E-state index is 12.8. The molecule has 2 aliphatic heterocycles. The molecule has 1 aromatic carbocycles. The second kappa shape index (κ2) is 9.86. The molecule has 2 heterocycles. The highest BCUT2D eigenvalue weighted by atomic mass is 32.2. The molecule has 0 aliphatic carbocycles. The molecular weight excluding hydrogens is 408 g/mol. The minimum Gasteiger partial charge on any atom is -0.376 e. The molecule has 30 heavy (non-hydrogen) atoms. The van der Waals surface area contributed by atoms with Crippen molar-refractivity contribution >= 4 is 27.7 Å². The van der Waals surface area contributed by atoms with Gasteiger partial charge in [-0.15, -0.1) is 0 Å². The molecule has 1 atom stereocenters. The second-order valence-corrected chi connectivity index (χ2v) is 9.99. The van der Waals surface area contributed by atoms with Crippen molar-refractivity contribution in [3.8, 4) is 0 Å². The van der Waals surface area contributed by atoms with E-state index in [1.54, 1.807) is 24.3 Å². The number of benzene rings is 1. The van der Waals surface area contributed by atoms with Gasteiger partial charge in [-0.2, -0.15) is 17.0 Å². The summed E-state index contributed by atoms with van der Waals surface area (Å²) in [5.41, 5.74) is 0.854. The topological polar surface area (TPSA) is 108 Å². The summed E-state index contributed by atoms with van der Waals surface area (Å²) >= 11 is 0. The molecule has 166 valence electrons. The van der Waals surface area contributed by atoms with Crippen molar-refractivity contribution in [1.82, 2.24) is 13.9 Å². The number of piperidine rings is 1. The lowest BCUT2D eigenvalue weighted by atomic mass is 9.97. The van der Waals surface area contributed by atoms with Crippen LogP contribution in [0.1, 0.15) is 36.0 Å². The van der Waals surface area contributed by atoms with Crippen molar-refractivity contribution in [2.45, 2.75) is 31.8 Å². The van der Waals surface area contributed by atoms with E-state index < -0.39 is 10.2 Å². The smallest absolute Gasteiger partial charge is 0.281 e. The molecule has 2 fully saturated rings. The number of nitrogens with one attached hydrogen (secondary N) is 2. The standard InChI is InChI=1S/C20H30N4O5S/c1-23(2)30(27,28)24-11-9-15(10-12-24)19(25)22-18-8-4-3-7-17(18)20(26)21-14-16-6-5-13-29-16/h3-4,7-8,15-16H,5-6,9-14H2,1-2H3,(H,21,26)(H,22,25)/t16-/m1/s1. The third-order valence-electron chi connectivity index (χ3n) is 5.56. The normalized spacial score (nSPS) is 21.0. The first-order valence-electron chi connectivity index (χ1n) is 10.3. The number of ether oxygens (including phenoxy) is 1. The van der Waals surface area contributed by atoms with Crippen molar-refractivity contribution in [2.24, 2.45) is 5.92 Å². The molecule has 2 aliphatic rings. The van der Waals surface area contributed by atoms with Crippen molar-refractivity contribution in [2.75, 3.05) is 45.7 Å². The number of carbonyl (C=O) groups is 2. The fourth-order valence-electron chi connectivity index (χ4n) is 3.71. The molecule has 0 bridgehead atoms. The Hall–Kier alpha value is -2.01. The van der Waals surface area contributed by atoms with Crippen LogP contribution in [0.4, 0.5) is 5.69 Å². The van der Waals surface area contributed by atoms with E-state index in [1.165, 1.54) is 22.7 Å². The van der Waals surface area contributed by atoms with Crippen LogP contribution in [-0.4, -0.2) is 75.3 Å². The summed E-state index contributed by atoms with van der Waals surface area (Å²) in [5.74, 6) is -0.758. The third kappa shape index (κ3) is 5.37. The summed E-state index contributed by atoms with van der Waals surface area (Å²) in [5, 5.41) is 5.73. The number of rotatable bonds is 7. The first kappa shape index (κ1) is 22.7. The zero-order chi connectivity index (χ0) is 21.7. The molecule has 10 heteroatoms. The number of anilines is 1. The highest BCUT2D eigenvalue weighted by molar-refractivity contribution is 7.86. The van der Waals surface area contributed by atoms with Crippen molar-refractivity contribution < 1.29 is 22.7 Å². The molecule has 9 nitrogen and oxygen atoms in total. The Balaban J connectivity index is 1.57. The maximum Gasteiger partial charge on any atom is 0.281 e. The van der Waals surface area contributed by atoms with E-state index in [0.717, 1.165) is 19.4 Å². The summed E-state index contributed by atoms with van der Waals surface area (Å²) < 4.78 is 32.6. The molecule has 2 saturated heterocycles. The molecule has 0 saturated carbocycles. The molecule has 1 aromatic rings. The second-order valence-electron chi connectivity index (χ2n) is 7.84. The molecule has 0 aromatic heterocycles. The number of amides is 2. The van der Waals surface area contributed by atoms with Crippen LogP contribution in [0.2, 0.25) is 0 Å². The maximum absolute atomic E-state index is 12.8. The molecule has 2 amide bonds. The van der Waals surface area contributed by atoms with E-state index in [2.05, 4.69) is 10.6 Å². The van der Waals surface area contributed by atoms with Crippen molar-refractivity contribution in [3.05, 3.63) is 29.8 Å². The lowest BCUT2D eigenvalue weighted by Crippen LogP contribution is -2.46. The van der Waals surface area contributed by atoms with Crippen LogP contribution in [0, 0.1) is 5.92 Å². The average molecular weight is 439 g/mol. The summed E-state index contributed by atoms with van der Waals surface area (Å²) in [6.45, 7) is 1.76. The predicted octanol–water partition coefficient (Wildman–Crippen LogP) is 1.05. The largest absolute Gasteiger partial charge is 0.376 e. The van der Waals surface area contributed by atoms with Gasteiger partial charge in [0.05, 0.1) is 17.4 Å². The van der Waals surface area contributed by atoms with Gasteiger partial charge in [-0.25, -0.2) is 0 Å². The Bertz CT molecular complexity index is 860. The van der Waals surface area contributed by atoms with Crippen molar-refractivity contribution in [1.29, 1.82) is 0 Å². The molecule has 3 rings (SSSR count). The highest BCUT2D eigenvalue weighted by Gasteiger charge is 2.32. The fraction of sp³-hybridized carbons (Fsp3) is 0.600. The minimum atomic E-state index is -3.47. The van der Waals surface area contributed by atoms with E-state index in [0.29, 0.717) is 43.7 Å². The number of nitrogens with zero attached hydrogens (tertiary/aromatic N) is 2. The van der Waals surface area contributed by atoms with Crippen LogP contribution in [-0.2, 0) is 19.7 Å². The molecular formula is C20H30N4O5S. The molecule has 2 N–H and O–H groups in total. The van der Waals surface area contributed by atoms with Gasteiger partial charge in [0.25, 0.3) is 16.1 Å². The first-order chi connectivity index (χ1) is 14.3. The Labute approximate surface area is 177 Å². The summed E-state index contributed by atoms with van der Waals surface area (Å²) in [6, 6.07) is 6.89. The SMILES string of the molecule is CN(C)S(=O)(=O)N1CCC(C(=O)Nc2ccccc2C(=O)NC[C@H]2CCCO2)CC1. The van der Waals surface area contributed by atoms with Crippen LogP contribution in [0.25, 0.3) is 0 Å². The number of carbonyl (C=O) groups excluding carboxylic acids is 2. The van der Waals surface area contributed by atoms with Crippen molar-refractivity contribution in [3.63, 3.8) is 0 Å². The molecule has 0 unspecified atom stereocenters. The summed E-state index contributed by atoms with van der Waals surface area (Å²) in [7, 11) is -0.478. The van der Waals surface area contributed by atoms with Crippen LogP contribution in [0.15, 0.2) is 24.3 Å². The summed E-state index contributed by atoms with van der Waals surface area (Å²) in [4.78, 5) is 25.4. The quantitative estimate of drug-likeness (QED) is 0.662. The average Bonchev–Trinajstić information content (AvgIpc) is 3.26. The van der Waals surface area contributed by atoms with Gasteiger partial charge in [0.1, 0.15) is 0 Å². The van der Waals surface area contributed by atoms with E-state index in [-0.39, 0.29) is 23.8 Å². The molecule has 0 radical (unpaired) electrons. The van der Waals surface area contributed by atoms with Crippen LogP contribution >= 0.6 is 0 Å². The van der Waals surface area contributed by atoms with Crippen LogP contribution in [0.3, 0.4) is 0 Å². The van der Waals surface area contributed by atoms with Gasteiger partial charge >= 0.3 is 0 Å². The van der Waals surface area contributed by atoms with Gasteiger partial charge in [-0.3, -0.25) is 9.59 Å². The summed E-state index contributed by atoms with van der Waals surface area (Å²) in [6.07, 6.45) is 2.85. The highest BCUT2D eigenvalue weighted by Crippen LogP contribution is 2.23. The van der Waals surface area contributed by atoms with Gasteiger partial charge in [0.15, 0.2) is 0 Å². The van der Waals surface area contributed by atoms with Gasteiger partial charge in [0, 0.05) is 46.3 Å². The zero-order valence-corrected chi connectivity index (χ0v) is 18.3. The Morgan fingerprint density at radius 2 is 1.87 bits per heavy atom. The lowest BCUT2D eigenvalue weighted by Gasteiger charge is -2.32. The monoisotopic (exact) mass is 438 g/mol. The van der Waals surface area contributed by atoms with Gasteiger partial charge in [-0.1, -0.05) is 12.1 Å². The lowest BCUT2D eigenvalue weighted by molar-refractivity contribution is -0.120. The number of hydrogen-bond donors (Lipinski definition) is 2. The Kier molecular flexibility index (Phi) is 7.45. The van der Waals surface area contributed by atoms with E-state index in [4.69, 9.17) is 4.74 Å². The van der Waals surface area contributed by atoms with Gasteiger partial charge < -0.3 is 15.4 Å². The van der Waals surface area contributed by atoms with E-state index >= 15 is 0 Å². The van der Waals surface area contributed by atoms with E-state index in [9.17, 15) is 18.0 Å². The molecule has 0 spiro atoms. The van der Waals surface area contributed by atoms with Gasteiger partial charge in [0.2, 0.25) is 5.91 Å². The van der Waals surface area contributed by atoms with Crippen LogP contribution in [0.5, 0.6) is 0 Å². The Morgan fingerprint density at radius 1 is 1.17 bits per heavy atom. The zero-order valence-electron chi connectivity index (χ0n) is 17.5. The first-order valence-corrected chi connectivity index (χ1v) is 11.7. The number of hydrogen-bond acceptors (Lipinski definition) is 5. The van der Waals surface area contributed by atoms with Gasteiger partial charge in [-0.05, 0) is 37.8 Å². The Morgan fingerprint density at radius 3 is 2.50 bits per heavy atom. The number of para-hydroxylation sites is 1. The minimum absolute atomic E-state index is 0.0410. The van der Waals surface area contributed by atoms with Crippen LogP contribution < -0.4 is 10.6 Å². The van der Waals surface area contributed by atoms with E-state index in [1.807, 2.05) is 0 Å². The third-order valence-corrected chi connectivity index (χ3v) is 7.50.